The van der Waals surface area contributed by atoms with Crippen molar-refractivity contribution in [2.45, 2.75) is 50.6 Å². The number of rotatable bonds is 8. The summed E-state index contributed by atoms with van der Waals surface area (Å²) in [5.74, 6) is 0.688. The van der Waals surface area contributed by atoms with Gasteiger partial charge in [0.15, 0.2) is 0 Å². The smallest absolute Gasteiger partial charge is 0.243 e. The molecule has 0 aromatic heterocycles. The van der Waals surface area contributed by atoms with Crippen LogP contribution in [-0.2, 0) is 25.5 Å². The van der Waals surface area contributed by atoms with E-state index in [1.807, 2.05) is 60.7 Å². The zero-order chi connectivity index (χ0) is 29.9. The number of nitrogens with one attached hydrogen (secondary N) is 3. The SMILES string of the molecule is O=C(CN1CC[C@H]2NC(=O)[C@@H](Cc3ccccc3)NC(=O)C3(C/C=C/C[C@H]2C1)CCOCC3)NCCOc1ccccc1. The highest BCUT2D eigenvalue weighted by Gasteiger charge is 2.41. The Hall–Kier alpha value is -3.69. The Morgan fingerprint density at radius 3 is 2.51 bits per heavy atom. The standard InChI is InChI=1S/C34H44N4O5/c39-31(35-18-22-43-28-12-5-2-6-13-28)25-38-19-14-29-27(24-38)11-7-8-15-34(16-20-42-21-17-34)33(41)37-30(32(40)36-29)23-26-9-3-1-4-10-26/h1-10,12-13,27,29-30H,11,14-25H2,(H,35,39)(H,36,40)(H,37,41)/b8-7+/t27-,29+,30+/m0/s1. The van der Waals surface area contributed by atoms with E-state index in [1.165, 1.54) is 0 Å². The van der Waals surface area contributed by atoms with Crippen molar-refractivity contribution in [1.29, 1.82) is 0 Å². The fraction of sp³-hybridized carbons (Fsp3) is 0.500. The van der Waals surface area contributed by atoms with Crippen LogP contribution in [0.4, 0.5) is 0 Å². The van der Waals surface area contributed by atoms with E-state index in [0.717, 1.165) is 24.2 Å². The number of benzene rings is 2. The molecule has 3 aliphatic rings. The third-order valence-electron chi connectivity index (χ3n) is 8.90. The summed E-state index contributed by atoms with van der Waals surface area (Å²) < 4.78 is 11.3. The zero-order valence-corrected chi connectivity index (χ0v) is 24.8. The van der Waals surface area contributed by atoms with Gasteiger partial charge in [0.25, 0.3) is 0 Å². The Labute approximate surface area is 254 Å². The predicted molar refractivity (Wildman–Crippen MR) is 164 cm³/mol. The first-order chi connectivity index (χ1) is 21.0. The number of carbonyl (C=O) groups is 3. The molecule has 9 nitrogen and oxygen atoms in total. The molecule has 3 N–H and O–H groups in total. The molecule has 43 heavy (non-hydrogen) atoms. The van der Waals surface area contributed by atoms with Crippen molar-refractivity contribution >= 4 is 17.7 Å². The Morgan fingerprint density at radius 2 is 1.74 bits per heavy atom. The molecular weight excluding hydrogens is 544 g/mol. The number of carbonyl (C=O) groups excluding carboxylic acids is 3. The third-order valence-corrected chi connectivity index (χ3v) is 8.90. The van der Waals surface area contributed by atoms with E-state index in [9.17, 15) is 14.4 Å². The highest BCUT2D eigenvalue weighted by atomic mass is 16.5. The quantitative estimate of drug-likeness (QED) is 0.323. The molecule has 2 fully saturated rings. The molecule has 230 valence electrons. The number of amides is 3. The molecule has 0 unspecified atom stereocenters. The second kappa shape index (κ2) is 15.2. The third kappa shape index (κ3) is 8.67. The molecule has 3 amide bonds. The first-order valence-electron chi connectivity index (χ1n) is 15.6. The number of allylic oxidation sites excluding steroid dienone is 2. The van der Waals surface area contributed by atoms with Crippen molar-refractivity contribution < 1.29 is 23.9 Å². The van der Waals surface area contributed by atoms with Crippen LogP contribution >= 0.6 is 0 Å². The minimum absolute atomic E-state index is 0.0325. The molecule has 0 saturated carbocycles. The number of para-hydroxylation sites is 1. The van der Waals surface area contributed by atoms with Gasteiger partial charge in [0, 0.05) is 38.8 Å². The maximum Gasteiger partial charge on any atom is 0.243 e. The minimum Gasteiger partial charge on any atom is -0.492 e. The van der Waals surface area contributed by atoms with Crippen LogP contribution in [0.25, 0.3) is 0 Å². The number of fused-ring (bicyclic) bond motifs is 1. The van der Waals surface area contributed by atoms with E-state index >= 15 is 0 Å². The van der Waals surface area contributed by atoms with Gasteiger partial charge in [-0.15, -0.1) is 0 Å². The van der Waals surface area contributed by atoms with E-state index in [-0.39, 0.29) is 29.7 Å². The molecule has 2 aromatic carbocycles. The second-order valence-electron chi connectivity index (χ2n) is 11.9. The van der Waals surface area contributed by atoms with E-state index in [0.29, 0.717) is 71.7 Å². The molecule has 0 radical (unpaired) electrons. The van der Waals surface area contributed by atoms with Gasteiger partial charge in [0.2, 0.25) is 17.7 Å². The Kier molecular flexibility index (Phi) is 10.8. The lowest BCUT2D eigenvalue weighted by Gasteiger charge is -2.40. The monoisotopic (exact) mass is 588 g/mol. The molecule has 0 bridgehead atoms. The number of piperidine rings is 1. The number of hydrogen-bond acceptors (Lipinski definition) is 6. The van der Waals surface area contributed by atoms with Gasteiger partial charge in [0.1, 0.15) is 18.4 Å². The summed E-state index contributed by atoms with van der Waals surface area (Å²) in [5.41, 5.74) is 0.422. The van der Waals surface area contributed by atoms with Crippen LogP contribution in [0.2, 0.25) is 0 Å². The van der Waals surface area contributed by atoms with Crippen LogP contribution in [0.15, 0.2) is 72.8 Å². The Bertz CT molecular complexity index is 1230. The molecule has 3 atom stereocenters. The van der Waals surface area contributed by atoms with Crippen molar-refractivity contribution in [2.75, 3.05) is 46.0 Å². The van der Waals surface area contributed by atoms with Gasteiger partial charge in [-0.3, -0.25) is 19.3 Å². The van der Waals surface area contributed by atoms with Crippen LogP contribution < -0.4 is 20.7 Å². The molecule has 2 saturated heterocycles. The second-order valence-corrected chi connectivity index (χ2v) is 11.9. The first-order valence-corrected chi connectivity index (χ1v) is 15.6. The normalized spacial score (nSPS) is 25.3. The Balaban J connectivity index is 1.22. The lowest BCUT2D eigenvalue weighted by molar-refractivity contribution is -0.140. The van der Waals surface area contributed by atoms with Gasteiger partial charge in [-0.2, -0.15) is 0 Å². The van der Waals surface area contributed by atoms with Gasteiger partial charge < -0.3 is 25.4 Å². The average Bonchev–Trinajstić information content (AvgIpc) is 3.03. The van der Waals surface area contributed by atoms with E-state index in [1.54, 1.807) is 0 Å². The van der Waals surface area contributed by atoms with Gasteiger partial charge in [-0.25, -0.2) is 0 Å². The minimum atomic E-state index is -0.666. The summed E-state index contributed by atoms with van der Waals surface area (Å²) in [5, 5.41) is 9.40. The fourth-order valence-electron chi connectivity index (χ4n) is 6.33. The van der Waals surface area contributed by atoms with Crippen molar-refractivity contribution in [2.24, 2.45) is 11.3 Å². The van der Waals surface area contributed by atoms with Gasteiger partial charge in [0.05, 0.1) is 18.5 Å². The van der Waals surface area contributed by atoms with Crippen molar-refractivity contribution in [3.63, 3.8) is 0 Å². The molecule has 2 aromatic rings. The molecule has 1 spiro atoms. The molecule has 3 heterocycles. The van der Waals surface area contributed by atoms with Gasteiger partial charge >= 0.3 is 0 Å². The molecular formula is C34H44N4O5. The van der Waals surface area contributed by atoms with Crippen LogP contribution in [-0.4, -0.2) is 80.7 Å². The van der Waals surface area contributed by atoms with E-state index < -0.39 is 11.5 Å². The highest BCUT2D eigenvalue weighted by Crippen LogP contribution is 2.36. The van der Waals surface area contributed by atoms with Crippen LogP contribution in [0, 0.1) is 11.3 Å². The summed E-state index contributed by atoms with van der Waals surface area (Å²) in [6.07, 6.45) is 8.11. The lowest BCUT2D eigenvalue weighted by atomic mass is 9.75. The zero-order valence-electron chi connectivity index (χ0n) is 24.8. The fourth-order valence-corrected chi connectivity index (χ4v) is 6.33. The van der Waals surface area contributed by atoms with Crippen molar-refractivity contribution in [3.05, 3.63) is 78.4 Å². The maximum atomic E-state index is 13.8. The molecule has 0 aliphatic carbocycles. The van der Waals surface area contributed by atoms with Crippen LogP contribution in [0.1, 0.15) is 37.7 Å². The van der Waals surface area contributed by atoms with Crippen LogP contribution in [0.3, 0.4) is 0 Å². The molecule has 9 heteroatoms. The number of likely N-dealkylation sites (tertiary alicyclic amines) is 1. The van der Waals surface area contributed by atoms with Gasteiger partial charge in [-0.05, 0) is 55.7 Å². The summed E-state index contributed by atoms with van der Waals surface area (Å²) in [6.45, 7) is 3.64. The number of nitrogens with zero attached hydrogens (tertiary/aromatic N) is 1. The maximum absolute atomic E-state index is 13.8. The van der Waals surface area contributed by atoms with Gasteiger partial charge in [-0.1, -0.05) is 60.7 Å². The summed E-state index contributed by atoms with van der Waals surface area (Å²) in [7, 11) is 0. The lowest BCUT2D eigenvalue weighted by Crippen LogP contribution is -2.58. The highest BCUT2D eigenvalue weighted by molar-refractivity contribution is 5.90. The summed E-state index contributed by atoms with van der Waals surface area (Å²) in [6, 6.07) is 18.7. The van der Waals surface area contributed by atoms with Crippen molar-refractivity contribution in [1.82, 2.24) is 20.9 Å². The summed E-state index contributed by atoms with van der Waals surface area (Å²) in [4.78, 5) is 42.4. The van der Waals surface area contributed by atoms with Crippen LogP contribution in [0.5, 0.6) is 5.75 Å². The van der Waals surface area contributed by atoms with Crippen molar-refractivity contribution in [3.8, 4) is 5.75 Å². The topological polar surface area (TPSA) is 109 Å². The average molecular weight is 589 g/mol. The Morgan fingerprint density at radius 1 is 1.00 bits per heavy atom. The molecule has 5 rings (SSSR count). The molecule has 3 aliphatic heterocycles. The van der Waals surface area contributed by atoms with E-state index in [2.05, 4.69) is 33.0 Å². The number of ether oxygens (including phenoxy) is 2. The largest absolute Gasteiger partial charge is 0.492 e. The first kappa shape index (κ1) is 30.8. The predicted octanol–water partition coefficient (Wildman–Crippen LogP) is 2.86. The van der Waals surface area contributed by atoms with E-state index in [4.69, 9.17) is 9.47 Å². The summed E-state index contributed by atoms with van der Waals surface area (Å²) >= 11 is 0. The number of hydrogen-bond donors (Lipinski definition) is 3.